The van der Waals surface area contributed by atoms with E-state index in [2.05, 4.69) is 31.3 Å². The Labute approximate surface area is 123 Å². The van der Waals surface area contributed by atoms with Gasteiger partial charge in [-0.05, 0) is 48.2 Å². The van der Waals surface area contributed by atoms with Crippen LogP contribution in [0.2, 0.25) is 0 Å². The van der Waals surface area contributed by atoms with Crippen LogP contribution in [0.4, 0.5) is 22.7 Å². The van der Waals surface area contributed by atoms with Crippen molar-refractivity contribution in [2.45, 2.75) is 36.5 Å². The van der Waals surface area contributed by atoms with Crippen molar-refractivity contribution in [1.29, 1.82) is 0 Å². The molecule has 0 saturated carbocycles. The molecular weight excluding hydrogens is 266 g/mol. The van der Waals surface area contributed by atoms with Crippen molar-refractivity contribution in [3.05, 3.63) is 35.4 Å². The first-order valence-electron chi connectivity index (χ1n) is 6.92. The highest BCUT2D eigenvalue weighted by Crippen LogP contribution is 2.48. The van der Waals surface area contributed by atoms with E-state index in [0.29, 0.717) is 0 Å². The first-order chi connectivity index (χ1) is 9.62. The Bertz CT molecular complexity index is 622. The molecule has 1 heterocycles. The maximum absolute atomic E-state index is 6.00. The third kappa shape index (κ3) is 2.10. The molecule has 0 atom stereocenters. The summed E-state index contributed by atoms with van der Waals surface area (Å²) in [6.07, 6.45) is 1.93. The van der Waals surface area contributed by atoms with Crippen LogP contribution in [0.1, 0.15) is 25.0 Å². The average Bonchev–Trinajstić information content (AvgIpc) is 2.43. The topological polar surface area (TPSA) is 64.1 Å². The predicted molar refractivity (Wildman–Crippen MR) is 87.9 cm³/mol. The zero-order valence-electron chi connectivity index (χ0n) is 11.8. The molecule has 2 aromatic rings. The second kappa shape index (κ2) is 4.94. The Morgan fingerprint density at radius 2 is 1.30 bits per heavy atom. The minimum Gasteiger partial charge on any atom is -0.399 e. The lowest BCUT2D eigenvalue weighted by Gasteiger charge is -2.26. The van der Waals surface area contributed by atoms with Crippen molar-refractivity contribution in [2.24, 2.45) is 0 Å². The minimum atomic E-state index is 0.818. The van der Waals surface area contributed by atoms with Gasteiger partial charge in [0.2, 0.25) is 0 Å². The largest absolute Gasteiger partial charge is 0.399 e. The molecule has 0 unspecified atom stereocenters. The van der Waals surface area contributed by atoms with E-state index < -0.39 is 0 Å². The zero-order chi connectivity index (χ0) is 14.3. The van der Waals surface area contributed by atoms with E-state index in [1.807, 2.05) is 12.1 Å². The highest BCUT2D eigenvalue weighted by atomic mass is 32.2. The third-order valence-electron chi connectivity index (χ3n) is 3.64. The van der Waals surface area contributed by atoms with Crippen LogP contribution in [0.15, 0.2) is 34.1 Å². The van der Waals surface area contributed by atoms with E-state index in [1.165, 1.54) is 32.3 Å². The van der Waals surface area contributed by atoms with Gasteiger partial charge in [-0.25, -0.2) is 0 Å². The molecule has 0 amide bonds. The molecule has 1 aliphatic heterocycles. The molecule has 104 valence electrons. The zero-order valence-corrected chi connectivity index (χ0v) is 12.6. The maximum atomic E-state index is 6.00. The fraction of sp³-hybridized carbons (Fsp3) is 0.250. The molecule has 0 spiro atoms. The van der Waals surface area contributed by atoms with Crippen LogP contribution < -0.4 is 16.8 Å². The number of fused-ring (bicyclic) bond motifs is 2. The lowest BCUT2D eigenvalue weighted by molar-refractivity contribution is 1.09. The van der Waals surface area contributed by atoms with Crippen LogP contribution in [0.3, 0.4) is 0 Å². The summed E-state index contributed by atoms with van der Waals surface area (Å²) < 4.78 is 0. The van der Waals surface area contributed by atoms with Crippen LogP contribution in [-0.2, 0) is 12.8 Å². The summed E-state index contributed by atoms with van der Waals surface area (Å²) in [7, 11) is 0. The number of aryl methyl sites for hydroxylation is 2. The predicted octanol–water partition coefficient (Wildman–Crippen LogP) is 4.18. The molecule has 0 aromatic heterocycles. The van der Waals surface area contributed by atoms with Crippen molar-refractivity contribution in [3.8, 4) is 0 Å². The lowest BCUT2D eigenvalue weighted by Crippen LogP contribution is -2.07. The molecule has 0 fully saturated rings. The Morgan fingerprint density at radius 1 is 0.850 bits per heavy atom. The van der Waals surface area contributed by atoms with Gasteiger partial charge in [-0.2, -0.15) is 0 Å². The molecule has 5 N–H and O–H groups in total. The minimum absolute atomic E-state index is 0.818. The Hall–Kier alpha value is -1.81. The smallest absolute Gasteiger partial charge is 0.0560 e. The molecule has 2 aromatic carbocycles. The molecule has 3 nitrogen and oxygen atoms in total. The number of rotatable bonds is 2. The van der Waals surface area contributed by atoms with Crippen LogP contribution in [0.25, 0.3) is 0 Å². The average molecular weight is 285 g/mol. The summed E-state index contributed by atoms with van der Waals surface area (Å²) in [5, 5.41) is 3.60. The lowest BCUT2D eigenvalue weighted by atomic mass is 10.1. The molecule has 1 aliphatic rings. The van der Waals surface area contributed by atoms with E-state index in [-0.39, 0.29) is 0 Å². The van der Waals surface area contributed by atoms with Gasteiger partial charge in [-0.3, -0.25) is 0 Å². The normalized spacial score (nSPS) is 12.5. The number of nitrogens with two attached hydrogens (primary N) is 2. The highest BCUT2D eigenvalue weighted by Gasteiger charge is 2.21. The first-order valence-corrected chi connectivity index (χ1v) is 7.73. The summed E-state index contributed by atoms with van der Waals surface area (Å²) >= 11 is 1.75. The van der Waals surface area contributed by atoms with Crippen LogP contribution in [-0.4, -0.2) is 0 Å². The summed E-state index contributed by atoms with van der Waals surface area (Å²) in [6.45, 7) is 4.31. The third-order valence-corrected chi connectivity index (χ3v) is 4.73. The molecule has 3 rings (SSSR count). The van der Waals surface area contributed by atoms with Crippen LogP contribution >= 0.6 is 11.8 Å². The number of anilines is 4. The molecule has 20 heavy (non-hydrogen) atoms. The van der Waals surface area contributed by atoms with Gasteiger partial charge >= 0.3 is 0 Å². The van der Waals surface area contributed by atoms with Gasteiger partial charge in [-0.15, -0.1) is 0 Å². The number of benzene rings is 2. The molecule has 4 heteroatoms. The second-order valence-corrected chi connectivity index (χ2v) is 6.12. The highest BCUT2D eigenvalue weighted by molar-refractivity contribution is 7.99. The van der Waals surface area contributed by atoms with Crippen LogP contribution in [0.5, 0.6) is 0 Å². The summed E-state index contributed by atoms with van der Waals surface area (Å²) in [6, 6.07) is 8.18. The van der Waals surface area contributed by atoms with Gasteiger partial charge in [0.15, 0.2) is 0 Å². The van der Waals surface area contributed by atoms with Gasteiger partial charge in [-0.1, -0.05) is 25.6 Å². The Balaban J connectivity index is 2.16. The van der Waals surface area contributed by atoms with Gasteiger partial charge < -0.3 is 16.8 Å². The van der Waals surface area contributed by atoms with E-state index in [9.17, 15) is 0 Å². The number of nitrogens with one attached hydrogen (secondary N) is 1. The SMILES string of the molecule is CCc1cc(N)cc2c1Nc1c(CC)cc(N)cc1S2. The quantitative estimate of drug-likeness (QED) is 0.618. The fourth-order valence-electron chi connectivity index (χ4n) is 2.64. The first kappa shape index (κ1) is 13.2. The summed E-state index contributed by atoms with van der Waals surface area (Å²) in [5.74, 6) is 0. The fourth-order valence-corrected chi connectivity index (χ4v) is 3.83. The van der Waals surface area contributed by atoms with Gasteiger partial charge in [0.25, 0.3) is 0 Å². The van der Waals surface area contributed by atoms with E-state index in [0.717, 1.165) is 24.2 Å². The van der Waals surface area contributed by atoms with Gasteiger partial charge in [0, 0.05) is 21.2 Å². The van der Waals surface area contributed by atoms with Crippen LogP contribution in [0, 0.1) is 0 Å². The molecule has 0 aliphatic carbocycles. The van der Waals surface area contributed by atoms with E-state index in [1.54, 1.807) is 11.8 Å². The van der Waals surface area contributed by atoms with E-state index >= 15 is 0 Å². The number of hydrogen-bond donors (Lipinski definition) is 3. The monoisotopic (exact) mass is 285 g/mol. The Morgan fingerprint density at radius 3 is 1.70 bits per heavy atom. The van der Waals surface area contributed by atoms with Gasteiger partial charge in [0.1, 0.15) is 0 Å². The summed E-state index contributed by atoms with van der Waals surface area (Å²) in [4.78, 5) is 2.36. The van der Waals surface area contributed by atoms with Crippen molar-refractivity contribution in [3.63, 3.8) is 0 Å². The summed E-state index contributed by atoms with van der Waals surface area (Å²) in [5.41, 5.74) is 18.5. The number of nitrogen functional groups attached to an aromatic ring is 2. The van der Waals surface area contributed by atoms with Crippen molar-refractivity contribution >= 4 is 34.5 Å². The molecular formula is C16H19N3S. The second-order valence-electron chi connectivity index (χ2n) is 5.04. The molecule has 0 radical (unpaired) electrons. The maximum Gasteiger partial charge on any atom is 0.0560 e. The van der Waals surface area contributed by atoms with E-state index in [4.69, 9.17) is 11.5 Å². The molecule has 0 saturated heterocycles. The number of hydrogen-bond acceptors (Lipinski definition) is 4. The van der Waals surface area contributed by atoms with Crippen molar-refractivity contribution in [2.75, 3.05) is 16.8 Å². The Kier molecular flexibility index (Phi) is 3.26. The standard InChI is InChI=1S/C16H19N3S/c1-3-9-5-11(17)7-13-15(9)19-16-10(4-2)6-12(18)8-14(16)20-13/h5-8,19H,3-4,17-18H2,1-2H3. The molecule has 0 bridgehead atoms. The van der Waals surface area contributed by atoms with Gasteiger partial charge in [0.05, 0.1) is 11.4 Å². The van der Waals surface area contributed by atoms with Crippen molar-refractivity contribution in [1.82, 2.24) is 0 Å². The van der Waals surface area contributed by atoms with Crippen molar-refractivity contribution < 1.29 is 0 Å².